The molecular weight excluding hydrogens is 212 g/mol. The minimum absolute atomic E-state index is 0.583. The summed E-state index contributed by atoms with van der Waals surface area (Å²) in [5, 5.41) is 6.65. The lowest BCUT2D eigenvalue weighted by molar-refractivity contribution is 0.226. The Balaban J connectivity index is 2.54. The normalized spacial score (nSPS) is 16.3. The second-order valence-electron chi connectivity index (χ2n) is 3.96. The van der Waals surface area contributed by atoms with Crippen molar-refractivity contribution in [2.75, 3.05) is 13.3 Å². The van der Waals surface area contributed by atoms with Gasteiger partial charge in [0.15, 0.2) is 6.73 Å². The van der Waals surface area contributed by atoms with Crippen LogP contribution in [0.1, 0.15) is 40.0 Å². The molecule has 0 aromatic heterocycles. The van der Waals surface area contributed by atoms with Crippen LogP contribution in [-0.4, -0.2) is 13.3 Å². The lowest BCUT2D eigenvalue weighted by atomic mass is 10.2. The summed E-state index contributed by atoms with van der Waals surface area (Å²) in [4.78, 5) is 0. The fraction of sp³-hybridized carbons (Fsp3) is 0.571. The van der Waals surface area contributed by atoms with Gasteiger partial charge in [-0.15, -0.1) is 0 Å². The van der Waals surface area contributed by atoms with E-state index >= 15 is 0 Å². The molecule has 0 unspecified atom stereocenters. The van der Waals surface area contributed by atoms with E-state index in [0.29, 0.717) is 6.73 Å². The number of nitrogens with one attached hydrogen (secondary N) is 2. The van der Waals surface area contributed by atoms with Crippen molar-refractivity contribution in [2.45, 2.75) is 40.0 Å². The maximum atomic E-state index is 5.56. The molecule has 0 atom stereocenters. The van der Waals surface area contributed by atoms with Crippen molar-refractivity contribution in [2.24, 2.45) is 0 Å². The second kappa shape index (κ2) is 7.82. The highest BCUT2D eigenvalue weighted by molar-refractivity contribution is 5.24. The summed E-state index contributed by atoms with van der Waals surface area (Å²) >= 11 is 0. The summed E-state index contributed by atoms with van der Waals surface area (Å²) in [6, 6.07) is 0. The Morgan fingerprint density at radius 3 is 2.82 bits per heavy atom. The highest BCUT2D eigenvalue weighted by Gasteiger charge is 2.12. The molecule has 1 aliphatic heterocycles. The maximum absolute atomic E-state index is 5.56. The largest absolute Gasteiger partial charge is 0.474 e. The molecule has 1 heterocycles. The average Bonchev–Trinajstić information content (AvgIpc) is 2.79. The van der Waals surface area contributed by atoms with Gasteiger partial charge in [-0.3, -0.25) is 0 Å². The van der Waals surface area contributed by atoms with E-state index in [1.165, 1.54) is 5.70 Å². The van der Waals surface area contributed by atoms with E-state index in [-0.39, 0.29) is 0 Å². The van der Waals surface area contributed by atoms with Crippen molar-refractivity contribution in [3.05, 3.63) is 35.4 Å². The van der Waals surface area contributed by atoms with Crippen LogP contribution in [0.3, 0.4) is 0 Å². The highest BCUT2D eigenvalue weighted by Crippen LogP contribution is 2.12. The highest BCUT2D eigenvalue weighted by atomic mass is 16.5. The Morgan fingerprint density at radius 1 is 1.35 bits per heavy atom. The fourth-order valence-corrected chi connectivity index (χ4v) is 1.69. The number of allylic oxidation sites excluding steroid dienone is 4. The van der Waals surface area contributed by atoms with Crippen molar-refractivity contribution >= 4 is 0 Å². The fourth-order valence-electron chi connectivity index (χ4n) is 1.69. The van der Waals surface area contributed by atoms with Crippen molar-refractivity contribution in [3.8, 4) is 0 Å². The third-order valence-corrected chi connectivity index (χ3v) is 2.64. The van der Waals surface area contributed by atoms with E-state index in [1.807, 2.05) is 0 Å². The predicted molar refractivity (Wildman–Crippen MR) is 72.2 cm³/mol. The molecule has 1 rings (SSSR count). The Kier molecular flexibility index (Phi) is 6.30. The van der Waals surface area contributed by atoms with Gasteiger partial charge in [-0.1, -0.05) is 32.9 Å². The van der Waals surface area contributed by atoms with Gasteiger partial charge >= 0.3 is 0 Å². The van der Waals surface area contributed by atoms with Crippen LogP contribution >= 0.6 is 0 Å². The lowest BCUT2D eigenvalue weighted by Crippen LogP contribution is -2.17. The lowest BCUT2D eigenvalue weighted by Gasteiger charge is -2.09. The Bertz CT molecular complexity index is 316. The Morgan fingerprint density at radius 2 is 2.18 bits per heavy atom. The van der Waals surface area contributed by atoms with E-state index in [0.717, 1.165) is 37.3 Å². The minimum atomic E-state index is 0.583. The van der Waals surface area contributed by atoms with Crippen LogP contribution in [0, 0.1) is 0 Å². The molecule has 0 fully saturated rings. The first-order valence-electron chi connectivity index (χ1n) is 6.51. The van der Waals surface area contributed by atoms with Gasteiger partial charge in [-0.25, -0.2) is 0 Å². The van der Waals surface area contributed by atoms with Gasteiger partial charge < -0.3 is 15.4 Å². The van der Waals surface area contributed by atoms with Crippen LogP contribution < -0.4 is 10.6 Å². The van der Waals surface area contributed by atoms with Gasteiger partial charge in [0.25, 0.3) is 0 Å². The van der Waals surface area contributed by atoms with Crippen LogP contribution in [0.15, 0.2) is 35.4 Å². The van der Waals surface area contributed by atoms with Crippen molar-refractivity contribution in [1.29, 1.82) is 0 Å². The molecule has 96 valence electrons. The summed E-state index contributed by atoms with van der Waals surface area (Å²) in [5.41, 5.74) is 2.39. The second-order valence-corrected chi connectivity index (χ2v) is 3.96. The zero-order valence-electron chi connectivity index (χ0n) is 11.2. The number of rotatable bonds is 7. The molecular formula is C14H24N2O. The van der Waals surface area contributed by atoms with E-state index in [9.17, 15) is 0 Å². The molecule has 0 aromatic rings. The number of hydrogen-bond acceptors (Lipinski definition) is 3. The van der Waals surface area contributed by atoms with Crippen molar-refractivity contribution in [3.63, 3.8) is 0 Å². The molecule has 3 heteroatoms. The van der Waals surface area contributed by atoms with Crippen molar-refractivity contribution < 1.29 is 4.74 Å². The molecule has 2 N–H and O–H groups in total. The van der Waals surface area contributed by atoms with E-state index in [1.54, 1.807) is 0 Å². The first kappa shape index (κ1) is 13.7. The Hall–Kier alpha value is -1.38. The first-order chi connectivity index (χ1) is 8.31. The summed E-state index contributed by atoms with van der Waals surface area (Å²) in [5.74, 6) is 1.00. The number of hydrogen-bond donors (Lipinski definition) is 2. The summed E-state index contributed by atoms with van der Waals surface area (Å²) in [7, 11) is 0. The molecule has 0 amide bonds. The van der Waals surface area contributed by atoms with Crippen LogP contribution in [0.2, 0.25) is 0 Å². The molecule has 0 aromatic carbocycles. The molecule has 0 aliphatic carbocycles. The number of ether oxygens (including phenoxy) is 1. The molecule has 0 spiro atoms. The topological polar surface area (TPSA) is 33.3 Å². The molecule has 17 heavy (non-hydrogen) atoms. The third-order valence-electron chi connectivity index (χ3n) is 2.64. The summed E-state index contributed by atoms with van der Waals surface area (Å²) in [6.07, 6.45) is 9.61. The van der Waals surface area contributed by atoms with Crippen LogP contribution in [0.4, 0.5) is 0 Å². The van der Waals surface area contributed by atoms with Gasteiger partial charge in [0, 0.05) is 5.70 Å². The minimum Gasteiger partial charge on any atom is -0.474 e. The monoisotopic (exact) mass is 236 g/mol. The van der Waals surface area contributed by atoms with Crippen LogP contribution in [0.5, 0.6) is 0 Å². The summed E-state index contributed by atoms with van der Waals surface area (Å²) < 4.78 is 5.56. The quantitative estimate of drug-likeness (QED) is 0.713. The summed E-state index contributed by atoms with van der Waals surface area (Å²) in [6.45, 7) is 7.79. The smallest absolute Gasteiger partial charge is 0.158 e. The van der Waals surface area contributed by atoms with Gasteiger partial charge in [-0.2, -0.15) is 0 Å². The molecule has 1 aliphatic rings. The van der Waals surface area contributed by atoms with Gasteiger partial charge in [0.1, 0.15) is 5.76 Å². The zero-order chi connectivity index (χ0) is 12.5. The van der Waals surface area contributed by atoms with Gasteiger partial charge in [-0.05, 0) is 25.3 Å². The zero-order valence-corrected chi connectivity index (χ0v) is 11.2. The molecule has 0 bridgehead atoms. The first-order valence-corrected chi connectivity index (χ1v) is 6.51. The van der Waals surface area contributed by atoms with Gasteiger partial charge in [0.05, 0.1) is 12.2 Å². The molecule has 3 nitrogen and oxygen atoms in total. The van der Waals surface area contributed by atoms with Gasteiger partial charge in [0.2, 0.25) is 0 Å². The van der Waals surface area contributed by atoms with E-state index in [4.69, 9.17) is 4.74 Å². The Labute approximate surface area is 105 Å². The predicted octanol–water partition coefficient (Wildman–Crippen LogP) is 3.04. The molecule has 0 saturated carbocycles. The average molecular weight is 236 g/mol. The van der Waals surface area contributed by atoms with E-state index < -0.39 is 0 Å². The van der Waals surface area contributed by atoms with Crippen LogP contribution in [0.25, 0.3) is 0 Å². The van der Waals surface area contributed by atoms with Crippen molar-refractivity contribution in [1.82, 2.24) is 10.6 Å². The molecule has 0 saturated heterocycles. The van der Waals surface area contributed by atoms with E-state index in [2.05, 4.69) is 49.6 Å². The SMILES string of the molecule is CC/C=C\C1=C(CN/C(=C/CC)CC)OCN1. The van der Waals surface area contributed by atoms with Crippen LogP contribution in [-0.2, 0) is 4.74 Å². The third kappa shape index (κ3) is 4.55. The maximum Gasteiger partial charge on any atom is 0.158 e. The molecule has 0 radical (unpaired) electrons. The standard InChI is InChI=1S/C14H24N2O/c1-4-7-9-13-14(17-11-16-13)10-15-12(6-3)8-5-2/h7-9,15-16H,4-6,10-11H2,1-3H3/b9-7-,12-8+.